The van der Waals surface area contributed by atoms with Crippen molar-refractivity contribution in [3.63, 3.8) is 0 Å². The Morgan fingerprint density at radius 1 is 1.14 bits per heavy atom. The first kappa shape index (κ1) is 12.6. The molecular weight excluding hydrogens is 258 g/mol. The fourth-order valence-corrected chi connectivity index (χ4v) is 3.32. The molecule has 0 radical (unpaired) electrons. The van der Waals surface area contributed by atoms with Crippen LogP contribution in [0.5, 0.6) is 0 Å². The monoisotopic (exact) mass is 277 g/mol. The Morgan fingerprint density at radius 3 is 3.00 bits per heavy atom. The summed E-state index contributed by atoms with van der Waals surface area (Å²) in [5, 5.41) is 1.38. The van der Waals surface area contributed by atoms with Crippen LogP contribution in [0.1, 0.15) is 23.2 Å². The third-order valence-electron chi connectivity index (χ3n) is 4.31. The smallest absolute Gasteiger partial charge is 0.0459 e. The molecule has 3 heterocycles. The zero-order chi connectivity index (χ0) is 14.1. The first-order chi connectivity index (χ1) is 10.4. The highest BCUT2D eigenvalue weighted by molar-refractivity contribution is 5.84. The maximum absolute atomic E-state index is 4.23. The lowest BCUT2D eigenvalue weighted by Gasteiger charge is -2.20. The molecule has 106 valence electrons. The summed E-state index contributed by atoms with van der Waals surface area (Å²) in [6.07, 6.45) is 6.17. The van der Waals surface area contributed by atoms with Crippen LogP contribution in [0.2, 0.25) is 0 Å². The lowest BCUT2D eigenvalue weighted by Crippen LogP contribution is -2.22. The van der Waals surface area contributed by atoms with Gasteiger partial charge >= 0.3 is 0 Å². The minimum atomic E-state index is 0.979. The van der Waals surface area contributed by atoms with Gasteiger partial charge in [-0.3, -0.25) is 9.88 Å². The van der Waals surface area contributed by atoms with Crippen LogP contribution in [0.25, 0.3) is 10.9 Å². The molecule has 3 heteroatoms. The molecule has 1 N–H and O–H groups in total. The lowest BCUT2D eigenvalue weighted by atomic mass is 10.1. The number of nitrogens with one attached hydrogen (secondary N) is 1. The minimum absolute atomic E-state index is 0.979. The van der Waals surface area contributed by atoms with Crippen LogP contribution < -0.4 is 0 Å². The zero-order valence-electron chi connectivity index (χ0n) is 12.0. The van der Waals surface area contributed by atoms with Gasteiger partial charge in [0.2, 0.25) is 0 Å². The standard InChI is InChI=1S/C18H19N3/c1-2-7-17-15(6-1)16-13-21(10-4-8-18(16)20-17)12-14-5-3-9-19-11-14/h1-3,5-7,9,11,20H,4,8,10,12-13H2. The number of pyridine rings is 1. The van der Waals surface area contributed by atoms with E-state index in [-0.39, 0.29) is 0 Å². The first-order valence-electron chi connectivity index (χ1n) is 7.60. The van der Waals surface area contributed by atoms with Gasteiger partial charge in [-0.25, -0.2) is 0 Å². The van der Waals surface area contributed by atoms with Crippen molar-refractivity contribution in [2.24, 2.45) is 0 Å². The van der Waals surface area contributed by atoms with Crippen LogP contribution in [0, 0.1) is 0 Å². The number of aryl methyl sites for hydroxylation is 1. The molecule has 2 aromatic heterocycles. The average molecular weight is 277 g/mol. The Labute approximate surface area is 124 Å². The normalized spacial score (nSPS) is 15.8. The average Bonchev–Trinajstić information content (AvgIpc) is 2.74. The SMILES string of the molecule is c1cncc(CN2CCCc3[nH]c4ccccc4c3C2)c1. The fourth-order valence-electron chi connectivity index (χ4n) is 3.32. The molecule has 0 atom stereocenters. The van der Waals surface area contributed by atoms with E-state index in [2.05, 4.69) is 45.2 Å². The van der Waals surface area contributed by atoms with Crippen molar-refractivity contribution in [1.82, 2.24) is 14.9 Å². The number of hydrogen-bond acceptors (Lipinski definition) is 2. The van der Waals surface area contributed by atoms with Crippen LogP contribution in [-0.4, -0.2) is 21.4 Å². The van der Waals surface area contributed by atoms with E-state index in [0.29, 0.717) is 0 Å². The molecule has 3 aromatic rings. The molecule has 0 bridgehead atoms. The molecule has 0 aliphatic carbocycles. The molecule has 3 nitrogen and oxygen atoms in total. The van der Waals surface area contributed by atoms with Crippen molar-refractivity contribution in [2.45, 2.75) is 25.9 Å². The number of nitrogens with zero attached hydrogens (tertiary/aromatic N) is 2. The number of H-pyrrole nitrogens is 1. The highest BCUT2D eigenvalue weighted by Crippen LogP contribution is 2.27. The van der Waals surface area contributed by atoms with E-state index >= 15 is 0 Å². The number of para-hydroxylation sites is 1. The van der Waals surface area contributed by atoms with Crippen molar-refractivity contribution < 1.29 is 0 Å². The molecule has 21 heavy (non-hydrogen) atoms. The third-order valence-corrected chi connectivity index (χ3v) is 4.31. The molecular formula is C18H19N3. The summed E-state index contributed by atoms with van der Waals surface area (Å²) in [5.41, 5.74) is 5.46. The van der Waals surface area contributed by atoms with Gasteiger partial charge in [0.1, 0.15) is 0 Å². The molecule has 0 amide bonds. The van der Waals surface area contributed by atoms with Crippen molar-refractivity contribution in [2.75, 3.05) is 6.54 Å². The van der Waals surface area contributed by atoms with Gasteiger partial charge < -0.3 is 4.98 Å². The van der Waals surface area contributed by atoms with Crippen LogP contribution in [0.3, 0.4) is 0 Å². The Bertz CT molecular complexity index is 746. The summed E-state index contributed by atoms with van der Waals surface area (Å²) in [5.74, 6) is 0. The van der Waals surface area contributed by atoms with Gasteiger partial charge in [0.15, 0.2) is 0 Å². The third kappa shape index (κ3) is 2.45. The molecule has 0 spiro atoms. The van der Waals surface area contributed by atoms with Crippen molar-refractivity contribution >= 4 is 10.9 Å². The predicted octanol–water partition coefficient (Wildman–Crippen LogP) is 3.51. The molecule has 0 saturated carbocycles. The van der Waals surface area contributed by atoms with Crippen molar-refractivity contribution in [3.8, 4) is 0 Å². The van der Waals surface area contributed by atoms with Gasteiger partial charge in [-0.1, -0.05) is 24.3 Å². The summed E-state index contributed by atoms with van der Waals surface area (Å²) in [6, 6.07) is 12.8. The number of benzene rings is 1. The Balaban J connectivity index is 1.65. The van der Waals surface area contributed by atoms with E-state index in [4.69, 9.17) is 0 Å². The van der Waals surface area contributed by atoms with Crippen LogP contribution in [-0.2, 0) is 19.5 Å². The Kier molecular flexibility index (Phi) is 3.20. The molecule has 1 aromatic carbocycles. The lowest BCUT2D eigenvalue weighted by molar-refractivity contribution is 0.261. The molecule has 0 saturated heterocycles. The highest BCUT2D eigenvalue weighted by Gasteiger charge is 2.18. The Hall–Kier alpha value is -2.13. The number of hydrogen-bond donors (Lipinski definition) is 1. The van der Waals surface area contributed by atoms with Gasteiger partial charge in [0.05, 0.1) is 0 Å². The van der Waals surface area contributed by atoms with Gasteiger partial charge in [0, 0.05) is 42.1 Å². The molecule has 1 aliphatic heterocycles. The number of aromatic nitrogens is 2. The largest absolute Gasteiger partial charge is 0.358 e. The van der Waals surface area contributed by atoms with Gasteiger partial charge in [0.25, 0.3) is 0 Å². The van der Waals surface area contributed by atoms with Crippen molar-refractivity contribution in [3.05, 3.63) is 65.6 Å². The number of fused-ring (bicyclic) bond motifs is 3. The van der Waals surface area contributed by atoms with E-state index in [0.717, 1.165) is 26.1 Å². The predicted molar refractivity (Wildman–Crippen MR) is 85.0 cm³/mol. The maximum atomic E-state index is 4.23. The summed E-state index contributed by atoms with van der Waals surface area (Å²) in [7, 11) is 0. The van der Waals surface area contributed by atoms with Gasteiger partial charge in [-0.15, -0.1) is 0 Å². The van der Waals surface area contributed by atoms with E-state index < -0.39 is 0 Å². The van der Waals surface area contributed by atoms with E-state index in [1.165, 1.54) is 34.1 Å². The molecule has 0 fully saturated rings. The summed E-state index contributed by atoms with van der Waals surface area (Å²) < 4.78 is 0. The Morgan fingerprint density at radius 2 is 2.10 bits per heavy atom. The molecule has 1 aliphatic rings. The van der Waals surface area contributed by atoms with Gasteiger partial charge in [-0.2, -0.15) is 0 Å². The second kappa shape index (κ2) is 5.34. The summed E-state index contributed by atoms with van der Waals surface area (Å²) in [6.45, 7) is 3.15. The summed E-state index contributed by atoms with van der Waals surface area (Å²) in [4.78, 5) is 10.4. The highest BCUT2D eigenvalue weighted by atomic mass is 15.1. The van der Waals surface area contributed by atoms with Crippen LogP contribution in [0.15, 0.2) is 48.8 Å². The van der Waals surface area contributed by atoms with Crippen molar-refractivity contribution in [1.29, 1.82) is 0 Å². The van der Waals surface area contributed by atoms with Crippen LogP contribution >= 0.6 is 0 Å². The minimum Gasteiger partial charge on any atom is -0.358 e. The second-order valence-corrected chi connectivity index (χ2v) is 5.80. The molecule has 0 unspecified atom stereocenters. The summed E-state index contributed by atoms with van der Waals surface area (Å²) >= 11 is 0. The zero-order valence-corrected chi connectivity index (χ0v) is 12.0. The quantitative estimate of drug-likeness (QED) is 0.777. The van der Waals surface area contributed by atoms with E-state index in [1.54, 1.807) is 0 Å². The first-order valence-corrected chi connectivity index (χ1v) is 7.60. The number of rotatable bonds is 2. The topological polar surface area (TPSA) is 31.9 Å². The fraction of sp³-hybridized carbons (Fsp3) is 0.278. The molecule has 4 rings (SSSR count). The maximum Gasteiger partial charge on any atom is 0.0459 e. The second-order valence-electron chi connectivity index (χ2n) is 5.80. The van der Waals surface area contributed by atoms with Gasteiger partial charge in [-0.05, 0) is 42.6 Å². The van der Waals surface area contributed by atoms with E-state index in [9.17, 15) is 0 Å². The number of aromatic amines is 1. The van der Waals surface area contributed by atoms with E-state index in [1.807, 2.05) is 18.5 Å². The van der Waals surface area contributed by atoms with Crippen LogP contribution in [0.4, 0.5) is 0 Å².